The standard InChI is InChI=1S/C34H34F7NO4/c1-4-5-18(10-19-6-8-27(43)26(35)11-19)7-9-28-29-23(17(2)3)15-24-30(25(29)16-46-28)32(45)42(31(24)44)22-13-20(33(36,37)38)12-21(14-22)34(39,40)41/h6,8,10-14,17,24-25,28,30,43H,4-5,7,9,15-16H2,1-3H3/b18-10+/t24-,25+,28-,30-/m1/s1. The van der Waals surface area contributed by atoms with Gasteiger partial charge in [-0.2, -0.15) is 26.3 Å². The van der Waals surface area contributed by atoms with Gasteiger partial charge in [0.05, 0.1) is 41.4 Å². The van der Waals surface area contributed by atoms with Crippen LogP contribution in [-0.2, 0) is 26.7 Å². The monoisotopic (exact) mass is 653 g/mol. The van der Waals surface area contributed by atoms with Gasteiger partial charge in [0.25, 0.3) is 0 Å². The second kappa shape index (κ2) is 12.5. The van der Waals surface area contributed by atoms with Crippen LogP contribution in [0.1, 0.15) is 69.6 Å². The van der Waals surface area contributed by atoms with E-state index in [9.17, 15) is 45.4 Å². The summed E-state index contributed by atoms with van der Waals surface area (Å²) in [5, 5.41) is 9.52. The third-order valence-electron chi connectivity index (χ3n) is 9.11. The van der Waals surface area contributed by atoms with Crippen molar-refractivity contribution in [3.63, 3.8) is 0 Å². The number of rotatable bonds is 8. The lowest BCUT2D eigenvalue weighted by atomic mass is 9.67. The molecule has 248 valence electrons. The van der Waals surface area contributed by atoms with Crippen molar-refractivity contribution in [1.29, 1.82) is 0 Å². The lowest BCUT2D eigenvalue weighted by molar-refractivity contribution is -0.143. The van der Waals surface area contributed by atoms with Gasteiger partial charge in [-0.25, -0.2) is 9.29 Å². The minimum absolute atomic E-state index is 0.0348. The van der Waals surface area contributed by atoms with Gasteiger partial charge in [-0.15, -0.1) is 0 Å². The second-order valence-electron chi connectivity index (χ2n) is 12.5. The number of hydrogen-bond acceptors (Lipinski definition) is 4. The number of benzene rings is 2. The molecule has 0 unspecified atom stereocenters. The number of alkyl halides is 6. The zero-order chi connectivity index (χ0) is 33.7. The summed E-state index contributed by atoms with van der Waals surface area (Å²) in [5.74, 6) is -5.38. The molecule has 0 spiro atoms. The van der Waals surface area contributed by atoms with Gasteiger partial charge in [0.1, 0.15) is 0 Å². The largest absolute Gasteiger partial charge is 0.505 e. The van der Waals surface area contributed by atoms with Crippen molar-refractivity contribution in [3.05, 3.63) is 75.6 Å². The van der Waals surface area contributed by atoms with Gasteiger partial charge in [-0.05, 0) is 73.1 Å². The van der Waals surface area contributed by atoms with Crippen LogP contribution in [0, 0.1) is 29.5 Å². The van der Waals surface area contributed by atoms with E-state index in [2.05, 4.69) is 0 Å². The Morgan fingerprint density at radius 2 is 1.63 bits per heavy atom. The molecule has 4 atom stereocenters. The maximum atomic E-state index is 13.9. The summed E-state index contributed by atoms with van der Waals surface area (Å²) in [6.07, 6.45) is -6.06. The summed E-state index contributed by atoms with van der Waals surface area (Å²) < 4.78 is 102. The molecule has 5 nitrogen and oxygen atoms in total. The Labute approximate surface area is 261 Å². The molecular weight excluding hydrogens is 619 g/mol. The van der Waals surface area contributed by atoms with Crippen LogP contribution in [0.4, 0.5) is 36.4 Å². The quantitative estimate of drug-likeness (QED) is 0.176. The van der Waals surface area contributed by atoms with E-state index >= 15 is 0 Å². The van der Waals surface area contributed by atoms with Gasteiger partial charge in [0.15, 0.2) is 11.6 Å². The molecule has 2 aliphatic heterocycles. The Hall–Kier alpha value is -3.67. The van der Waals surface area contributed by atoms with Crippen LogP contribution in [0.15, 0.2) is 53.1 Å². The fourth-order valence-corrected chi connectivity index (χ4v) is 7.04. The second-order valence-corrected chi connectivity index (χ2v) is 12.5. The smallest absolute Gasteiger partial charge is 0.416 e. The summed E-state index contributed by atoms with van der Waals surface area (Å²) in [6, 6.07) is 4.91. The number of phenols is 1. The van der Waals surface area contributed by atoms with E-state index < -0.39 is 76.4 Å². The molecule has 0 radical (unpaired) electrons. The molecule has 1 N–H and O–H groups in total. The number of aromatic hydroxyl groups is 1. The molecule has 12 heteroatoms. The Morgan fingerprint density at radius 3 is 2.20 bits per heavy atom. The number of phenolic OH excluding ortho intramolecular Hbond substituents is 1. The molecular formula is C34H34F7NO4. The highest BCUT2D eigenvalue weighted by Gasteiger charge is 2.58. The number of fused-ring (bicyclic) bond motifs is 3. The fourth-order valence-electron chi connectivity index (χ4n) is 7.04. The fraction of sp³-hybridized carbons (Fsp3) is 0.471. The first kappa shape index (κ1) is 33.7. The van der Waals surface area contributed by atoms with Crippen molar-refractivity contribution in [2.45, 2.75) is 71.3 Å². The minimum atomic E-state index is -5.14. The number of allylic oxidation sites excluding steroid dienone is 2. The number of nitrogens with zero attached hydrogens (tertiary/aromatic N) is 1. The lowest BCUT2D eigenvalue weighted by Gasteiger charge is -2.33. The van der Waals surface area contributed by atoms with Gasteiger partial charge in [-0.3, -0.25) is 9.59 Å². The number of carbonyl (C=O) groups is 2. The number of imide groups is 1. The van der Waals surface area contributed by atoms with Crippen molar-refractivity contribution in [2.24, 2.45) is 23.7 Å². The molecule has 2 saturated heterocycles. The van der Waals surface area contributed by atoms with Crippen LogP contribution < -0.4 is 4.90 Å². The van der Waals surface area contributed by atoms with Gasteiger partial charge >= 0.3 is 12.4 Å². The molecule has 0 bridgehead atoms. The number of carbonyl (C=O) groups excluding carboxylic acids is 2. The first-order valence-corrected chi connectivity index (χ1v) is 15.2. The molecule has 2 amide bonds. The molecule has 3 aliphatic rings. The minimum Gasteiger partial charge on any atom is -0.505 e. The van der Waals surface area contributed by atoms with E-state index in [-0.39, 0.29) is 25.0 Å². The number of anilines is 1. The molecule has 2 aromatic rings. The van der Waals surface area contributed by atoms with Crippen molar-refractivity contribution >= 4 is 23.6 Å². The molecule has 2 aromatic carbocycles. The summed E-state index contributed by atoms with van der Waals surface area (Å²) in [6.45, 7) is 5.94. The normalized spacial score (nSPS) is 23.9. The van der Waals surface area contributed by atoms with E-state index in [4.69, 9.17) is 4.74 Å². The number of hydrogen-bond donors (Lipinski definition) is 1. The average Bonchev–Trinajstić information content (AvgIpc) is 3.50. The molecule has 1 aliphatic carbocycles. The Balaban J connectivity index is 1.44. The number of amides is 2. The van der Waals surface area contributed by atoms with Crippen LogP contribution in [-0.4, -0.2) is 29.6 Å². The van der Waals surface area contributed by atoms with Gasteiger partial charge in [0.2, 0.25) is 11.8 Å². The SMILES string of the molecule is CCC/C(=C\c1ccc(O)c(F)c1)CC[C@H]1OC[C@H]2C1=C(C(C)C)C[C@H]1C(=O)N(c3cc(C(F)(F)F)cc(C(F)(F)F)c3)C(=O)[C@H]12. The Morgan fingerprint density at radius 1 is 0.978 bits per heavy atom. The van der Waals surface area contributed by atoms with E-state index in [1.807, 2.05) is 26.8 Å². The zero-order valence-electron chi connectivity index (χ0n) is 25.4. The van der Waals surface area contributed by atoms with Crippen LogP contribution in [0.3, 0.4) is 0 Å². The zero-order valence-corrected chi connectivity index (χ0v) is 25.4. The summed E-state index contributed by atoms with van der Waals surface area (Å²) in [4.78, 5) is 27.9. The first-order valence-electron chi connectivity index (χ1n) is 15.2. The highest BCUT2D eigenvalue weighted by atomic mass is 19.4. The van der Waals surface area contributed by atoms with Gasteiger partial charge in [0, 0.05) is 5.92 Å². The van der Waals surface area contributed by atoms with E-state index in [0.717, 1.165) is 29.6 Å². The maximum Gasteiger partial charge on any atom is 0.416 e. The molecule has 2 fully saturated rings. The van der Waals surface area contributed by atoms with Gasteiger partial charge in [-0.1, -0.05) is 50.5 Å². The van der Waals surface area contributed by atoms with Crippen LogP contribution >= 0.6 is 0 Å². The Kier molecular flexibility index (Phi) is 9.15. The molecule has 46 heavy (non-hydrogen) atoms. The predicted octanol–water partition coefficient (Wildman–Crippen LogP) is 8.71. The predicted molar refractivity (Wildman–Crippen MR) is 156 cm³/mol. The third-order valence-corrected chi connectivity index (χ3v) is 9.11. The number of halogens is 7. The number of ether oxygens (including phenoxy) is 1. The molecule has 5 rings (SSSR count). The average molecular weight is 654 g/mol. The first-order chi connectivity index (χ1) is 21.5. The highest BCUT2D eigenvalue weighted by molar-refractivity contribution is 6.22. The van der Waals surface area contributed by atoms with Crippen LogP contribution in [0.2, 0.25) is 0 Å². The molecule has 0 saturated carbocycles. The third kappa shape index (κ3) is 6.45. The van der Waals surface area contributed by atoms with Crippen LogP contribution in [0.5, 0.6) is 5.75 Å². The molecule has 0 aromatic heterocycles. The van der Waals surface area contributed by atoms with E-state index in [1.165, 1.54) is 12.1 Å². The van der Waals surface area contributed by atoms with Crippen molar-refractivity contribution in [1.82, 2.24) is 0 Å². The Bertz CT molecular complexity index is 1560. The highest BCUT2D eigenvalue weighted by Crippen LogP contribution is 2.52. The van der Waals surface area contributed by atoms with E-state index in [0.29, 0.717) is 35.4 Å². The van der Waals surface area contributed by atoms with Crippen molar-refractivity contribution in [3.8, 4) is 5.75 Å². The summed E-state index contributed by atoms with van der Waals surface area (Å²) in [7, 11) is 0. The lowest BCUT2D eigenvalue weighted by Crippen LogP contribution is -2.35. The summed E-state index contributed by atoms with van der Waals surface area (Å²) in [5.41, 5.74) is -0.596. The van der Waals surface area contributed by atoms with Crippen molar-refractivity contribution in [2.75, 3.05) is 11.5 Å². The van der Waals surface area contributed by atoms with Gasteiger partial charge < -0.3 is 9.84 Å². The topological polar surface area (TPSA) is 66.8 Å². The summed E-state index contributed by atoms with van der Waals surface area (Å²) >= 11 is 0. The van der Waals surface area contributed by atoms with E-state index in [1.54, 1.807) is 6.07 Å². The van der Waals surface area contributed by atoms with Crippen LogP contribution in [0.25, 0.3) is 6.08 Å². The van der Waals surface area contributed by atoms with Crippen molar-refractivity contribution < 1.29 is 50.2 Å². The maximum absolute atomic E-state index is 13.9. The molecule has 2 heterocycles.